The number of hydrogen-bond donors (Lipinski definition) is 0. The molecule has 0 heterocycles. The summed E-state index contributed by atoms with van der Waals surface area (Å²) in [6.07, 6.45) is 2.87. The number of halogens is 2. The minimum atomic E-state index is 0. The van der Waals surface area contributed by atoms with E-state index < -0.39 is 0 Å². The Bertz CT molecular complexity index is 30.2. The van der Waals surface area contributed by atoms with Gasteiger partial charge in [0.1, 0.15) is 0 Å². The molecule has 0 saturated carbocycles. The summed E-state index contributed by atoms with van der Waals surface area (Å²) in [5.41, 5.74) is 0. The molecule has 2 radical (unpaired) electrons. The Morgan fingerprint density at radius 1 is 0.889 bits per heavy atom. The summed E-state index contributed by atoms with van der Waals surface area (Å²) in [7, 11) is 0. The van der Waals surface area contributed by atoms with Crippen LogP contribution in [0.5, 0.6) is 0 Å². The topological polar surface area (TPSA) is 0 Å². The van der Waals surface area contributed by atoms with Crippen molar-refractivity contribution in [3.63, 3.8) is 0 Å². The van der Waals surface area contributed by atoms with E-state index in [2.05, 4.69) is 13.8 Å². The average Bonchev–Trinajstić information content (AvgIpc) is 1.69. The zero-order valence-electron chi connectivity index (χ0n) is 6.14. The van der Waals surface area contributed by atoms with Gasteiger partial charge in [-0.15, -0.1) is 0 Å². The van der Waals surface area contributed by atoms with Gasteiger partial charge in [0.15, 0.2) is 0 Å². The van der Waals surface area contributed by atoms with Crippen LogP contribution in [-0.4, -0.2) is 21.1 Å². The molecule has 0 aliphatic rings. The van der Waals surface area contributed by atoms with E-state index in [1.165, 1.54) is 12.8 Å². The van der Waals surface area contributed by atoms with E-state index >= 15 is 0 Å². The van der Waals surface area contributed by atoms with E-state index in [0.29, 0.717) is 0 Å². The molecule has 0 saturated heterocycles. The van der Waals surface area contributed by atoms with Crippen LogP contribution in [0.25, 0.3) is 0 Å². The van der Waals surface area contributed by atoms with Crippen molar-refractivity contribution in [2.24, 2.45) is 0 Å². The van der Waals surface area contributed by atoms with E-state index in [1.807, 2.05) is 0 Å². The van der Waals surface area contributed by atoms with Crippen LogP contribution in [0.3, 0.4) is 0 Å². The molecule has 0 nitrogen and oxygen atoms in total. The zero-order chi connectivity index (χ0) is 5.54. The summed E-state index contributed by atoms with van der Waals surface area (Å²) in [6.45, 7) is 4.58. The molecule has 0 aromatic rings. The van der Waals surface area contributed by atoms with E-state index in [4.69, 9.17) is 0 Å². The Labute approximate surface area is 66.4 Å². The monoisotopic (exact) mass is 246 g/mol. The third-order valence-corrected chi connectivity index (χ3v) is 5.73. The van der Waals surface area contributed by atoms with Gasteiger partial charge in [0, 0.05) is 0 Å². The second-order valence-electron chi connectivity index (χ2n) is 1.75. The molecular formula is C6H16F2Sn. The fourth-order valence-electron chi connectivity index (χ4n) is 0.479. The molecule has 0 unspecified atom stereocenters. The third kappa shape index (κ3) is 17.7. The fraction of sp³-hybridized carbons (Fsp3) is 1.00. The summed E-state index contributed by atoms with van der Waals surface area (Å²) >= 11 is 0.181. The van der Waals surface area contributed by atoms with Crippen molar-refractivity contribution in [2.75, 3.05) is 0 Å². The summed E-state index contributed by atoms with van der Waals surface area (Å²) < 4.78 is 3.19. The first kappa shape index (κ1) is 16.3. The molecule has 0 spiro atoms. The van der Waals surface area contributed by atoms with Crippen LogP contribution in [0.4, 0.5) is 9.41 Å². The van der Waals surface area contributed by atoms with Crippen LogP contribution >= 0.6 is 0 Å². The molecule has 3 heteroatoms. The van der Waals surface area contributed by atoms with E-state index in [-0.39, 0.29) is 30.6 Å². The van der Waals surface area contributed by atoms with Gasteiger partial charge in [-0.05, 0) is 0 Å². The van der Waals surface area contributed by atoms with Gasteiger partial charge in [-0.2, -0.15) is 0 Å². The van der Waals surface area contributed by atoms with Crippen molar-refractivity contribution in [2.45, 2.75) is 35.6 Å². The van der Waals surface area contributed by atoms with Gasteiger partial charge >= 0.3 is 56.7 Å². The maximum absolute atomic E-state index is 2.29. The van der Waals surface area contributed by atoms with Crippen LogP contribution in [0, 0.1) is 0 Å². The summed E-state index contributed by atoms with van der Waals surface area (Å²) in [5.74, 6) is 0. The molecule has 0 aliphatic heterocycles. The second-order valence-corrected chi connectivity index (χ2v) is 6.03. The maximum atomic E-state index is 2.29. The smallest absolute Gasteiger partial charge is 0.269 e. The number of hydrogen-bond acceptors (Lipinski definition) is 0. The Morgan fingerprint density at radius 2 is 1.22 bits per heavy atom. The first-order valence-corrected chi connectivity index (χ1v) is 7.16. The van der Waals surface area contributed by atoms with E-state index in [9.17, 15) is 0 Å². The van der Waals surface area contributed by atoms with Crippen molar-refractivity contribution >= 4 is 21.1 Å². The number of rotatable bonds is 4. The van der Waals surface area contributed by atoms with Crippen molar-refractivity contribution in [3.05, 3.63) is 0 Å². The molecule has 0 aromatic heterocycles. The standard InChI is InChI=1S/2C3H7.2FH.Sn/c2*1-3-2;;;/h2*1,3H2,2H3;2*1H;. The van der Waals surface area contributed by atoms with E-state index in [1.54, 1.807) is 8.87 Å². The molecule has 58 valence electrons. The predicted octanol–water partition coefficient (Wildman–Crippen LogP) is 2.65. The quantitative estimate of drug-likeness (QED) is 0.527. The Balaban J connectivity index is -0.000000180. The second kappa shape index (κ2) is 15.9. The normalized spacial score (nSPS) is 7.33. The third-order valence-electron chi connectivity index (χ3n) is 0.854. The Hall–Kier alpha value is 0.659. The predicted molar refractivity (Wildman–Crippen MR) is 41.0 cm³/mol. The van der Waals surface area contributed by atoms with Crippen LogP contribution in [0.2, 0.25) is 8.87 Å². The minimum Gasteiger partial charge on any atom is -0.269 e. The molecular weight excluding hydrogens is 229 g/mol. The summed E-state index contributed by atoms with van der Waals surface area (Å²) in [4.78, 5) is 0. The largest absolute Gasteiger partial charge is 0.269 e. The molecule has 0 aliphatic carbocycles. The Kier molecular flexibility index (Phi) is 28.8. The minimum absolute atomic E-state index is 0. The average molecular weight is 245 g/mol. The Morgan fingerprint density at radius 3 is 1.44 bits per heavy atom. The van der Waals surface area contributed by atoms with Crippen molar-refractivity contribution in [1.82, 2.24) is 0 Å². The molecule has 0 aromatic carbocycles. The summed E-state index contributed by atoms with van der Waals surface area (Å²) in [6, 6.07) is 0. The van der Waals surface area contributed by atoms with Crippen LogP contribution in [0.1, 0.15) is 26.7 Å². The molecule has 0 rings (SSSR count). The van der Waals surface area contributed by atoms with Gasteiger partial charge in [-0.25, -0.2) is 0 Å². The molecule has 9 heavy (non-hydrogen) atoms. The molecule has 0 fully saturated rings. The maximum Gasteiger partial charge on any atom is -0.269 e. The SMILES string of the molecule is CC[CH2][Sn][CH2]CC.F.F. The van der Waals surface area contributed by atoms with Crippen LogP contribution in [-0.2, 0) is 0 Å². The van der Waals surface area contributed by atoms with Gasteiger partial charge in [-0.3, -0.25) is 9.41 Å². The summed E-state index contributed by atoms with van der Waals surface area (Å²) in [5, 5.41) is 0. The molecule has 0 amide bonds. The van der Waals surface area contributed by atoms with Gasteiger partial charge in [0.05, 0.1) is 0 Å². The van der Waals surface area contributed by atoms with Gasteiger partial charge in [-0.1, -0.05) is 0 Å². The van der Waals surface area contributed by atoms with Gasteiger partial charge < -0.3 is 0 Å². The van der Waals surface area contributed by atoms with Crippen molar-refractivity contribution < 1.29 is 9.41 Å². The van der Waals surface area contributed by atoms with Crippen LogP contribution in [0.15, 0.2) is 0 Å². The van der Waals surface area contributed by atoms with Crippen molar-refractivity contribution in [1.29, 1.82) is 0 Å². The van der Waals surface area contributed by atoms with Crippen LogP contribution < -0.4 is 0 Å². The first-order chi connectivity index (χ1) is 3.41. The molecule has 0 bridgehead atoms. The van der Waals surface area contributed by atoms with E-state index in [0.717, 1.165) is 0 Å². The first-order valence-electron chi connectivity index (χ1n) is 3.12. The van der Waals surface area contributed by atoms with Crippen molar-refractivity contribution in [3.8, 4) is 0 Å². The van der Waals surface area contributed by atoms with Gasteiger partial charge in [0.2, 0.25) is 0 Å². The molecule has 0 atom stereocenters. The molecule has 0 N–H and O–H groups in total. The van der Waals surface area contributed by atoms with Gasteiger partial charge in [0.25, 0.3) is 0 Å². The fourth-order valence-corrected chi connectivity index (χ4v) is 3.21. The zero-order valence-corrected chi connectivity index (χ0v) is 9.00.